The fraction of sp³-hybridized carbons (Fsp3) is 0.417. The van der Waals surface area contributed by atoms with Crippen molar-refractivity contribution in [2.75, 3.05) is 13.2 Å². The lowest BCUT2D eigenvalue weighted by atomic mass is 10.1. The number of ether oxygens (including phenoxy) is 2. The number of nitriles is 1. The van der Waals surface area contributed by atoms with Gasteiger partial charge in [0.25, 0.3) is 0 Å². The van der Waals surface area contributed by atoms with E-state index in [-0.39, 0.29) is 17.8 Å². The van der Waals surface area contributed by atoms with Gasteiger partial charge in [0.05, 0.1) is 19.3 Å². The summed E-state index contributed by atoms with van der Waals surface area (Å²) in [5, 5.41) is 8.85. The van der Waals surface area contributed by atoms with Gasteiger partial charge >= 0.3 is 0 Å². The van der Waals surface area contributed by atoms with E-state index in [2.05, 4.69) is 6.07 Å². The van der Waals surface area contributed by atoms with Crippen LogP contribution in [0.3, 0.4) is 0 Å². The van der Waals surface area contributed by atoms with Crippen molar-refractivity contribution < 1.29 is 13.9 Å². The second-order valence-electron chi connectivity index (χ2n) is 3.84. The lowest BCUT2D eigenvalue weighted by Crippen LogP contribution is -2.24. The van der Waals surface area contributed by atoms with E-state index in [1.807, 2.05) is 6.92 Å². The van der Waals surface area contributed by atoms with E-state index in [0.717, 1.165) is 5.56 Å². The second-order valence-corrected chi connectivity index (χ2v) is 3.84. The lowest BCUT2D eigenvalue weighted by Gasteiger charge is -2.16. The molecule has 1 saturated heterocycles. The largest absolute Gasteiger partial charge is 0.486 e. The summed E-state index contributed by atoms with van der Waals surface area (Å²) < 4.78 is 23.8. The minimum atomic E-state index is -0.340. The van der Waals surface area contributed by atoms with Crippen LogP contribution in [0.4, 0.5) is 4.39 Å². The first-order valence-electron chi connectivity index (χ1n) is 5.11. The number of nitrogens with zero attached hydrogens (tertiary/aromatic N) is 1. The Labute approximate surface area is 93.4 Å². The summed E-state index contributed by atoms with van der Waals surface area (Å²) in [5.41, 5.74) is 0.852. The normalized spacial score (nSPS) is 24.1. The first-order valence-corrected chi connectivity index (χ1v) is 5.11. The van der Waals surface area contributed by atoms with Gasteiger partial charge in [-0.25, -0.2) is 4.39 Å². The number of hydrogen-bond acceptors (Lipinski definition) is 3. The Morgan fingerprint density at radius 2 is 2.31 bits per heavy atom. The van der Waals surface area contributed by atoms with Crippen molar-refractivity contribution in [1.82, 2.24) is 0 Å². The zero-order valence-electron chi connectivity index (χ0n) is 8.94. The highest BCUT2D eigenvalue weighted by Gasteiger charge is 2.30. The Morgan fingerprint density at radius 1 is 1.50 bits per heavy atom. The van der Waals surface area contributed by atoms with Crippen LogP contribution in [0.5, 0.6) is 5.75 Å². The number of halogens is 1. The van der Waals surface area contributed by atoms with Gasteiger partial charge in [-0.1, -0.05) is 6.07 Å². The van der Waals surface area contributed by atoms with E-state index < -0.39 is 0 Å². The fourth-order valence-corrected chi connectivity index (χ4v) is 1.64. The summed E-state index contributed by atoms with van der Waals surface area (Å²) >= 11 is 0. The van der Waals surface area contributed by atoms with Crippen molar-refractivity contribution in [3.63, 3.8) is 0 Å². The minimum absolute atomic E-state index is 0.275. The first-order chi connectivity index (χ1) is 7.70. The third-order valence-corrected chi connectivity index (χ3v) is 2.62. The summed E-state index contributed by atoms with van der Waals surface area (Å²) in [4.78, 5) is 0. The van der Waals surface area contributed by atoms with Crippen molar-refractivity contribution in [1.29, 1.82) is 5.26 Å². The standard InChI is InChI=1S/C12H12FNO2/c1-8-2-3-10(13)4-11(8)16-12-7-15-6-9(12)5-14/h2-4,9,12H,6-7H2,1H3/t9-,12-/m0/s1. The number of aryl methyl sites for hydroxylation is 1. The molecule has 4 heteroatoms. The maximum absolute atomic E-state index is 13.0. The van der Waals surface area contributed by atoms with E-state index in [9.17, 15) is 4.39 Å². The molecule has 0 radical (unpaired) electrons. The fourth-order valence-electron chi connectivity index (χ4n) is 1.64. The third kappa shape index (κ3) is 2.15. The van der Waals surface area contributed by atoms with Crippen LogP contribution in [0.2, 0.25) is 0 Å². The molecule has 1 aliphatic rings. The maximum Gasteiger partial charge on any atom is 0.140 e. The Balaban J connectivity index is 2.14. The van der Waals surface area contributed by atoms with Crippen LogP contribution in [0.1, 0.15) is 5.56 Å². The lowest BCUT2D eigenvalue weighted by molar-refractivity contribution is 0.139. The molecule has 0 aromatic heterocycles. The number of hydrogen-bond donors (Lipinski definition) is 0. The maximum atomic E-state index is 13.0. The van der Waals surface area contributed by atoms with Crippen LogP contribution >= 0.6 is 0 Å². The molecule has 2 atom stereocenters. The minimum Gasteiger partial charge on any atom is -0.486 e. The van der Waals surface area contributed by atoms with Crippen molar-refractivity contribution in [2.45, 2.75) is 13.0 Å². The Hall–Kier alpha value is -1.60. The van der Waals surface area contributed by atoms with Gasteiger partial charge < -0.3 is 9.47 Å². The molecule has 0 N–H and O–H groups in total. The van der Waals surface area contributed by atoms with Gasteiger partial charge in [-0.15, -0.1) is 0 Å². The highest BCUT2D eigenvalue weighted by atomic mass is 19.1. The molecule has 0 saturated carbocycles. The summed E-state index contributed by atoms with van der Waals surface area (Å²) in [6.45, 7) is 2.61. The Bertz CT molecular complexity index is 428. The van der Waals surface area contributed by atoms with Crippen LogP contribution in [-0.2, 0) is 4.74 Å². The van der Waals surface area contributed by atoms with E-state index in [1.165, 1.54) is 12.1 Å². The van der Waals surface area contributed by atoms with E-state index in [4.69, 9.17) is 14.7 Å². The molecule has 1 aliphatic heterocycles. The topological polar surface area (TPSA) is 42.2 Å². The van der Waals surface area contributed by atoms with E-state index in [0.29, 0.717) is 19.0 Å². The number of benzene rings is 1. The summed E-state index contributed by atoms with van der Waals surface area (Å²) in [6.07, 6.45) is -0.300. The van der Waals surface area contributed by atoms with E-state index in [1.54, 1.807) is 6.07 Å². The number of rotatable bonds is 2. The molecule has 0 amide bonds. The molecule has 2 rings (SSSR count). The zero-order valence-corrected chi connectivity index (χ0v) is 8.94. The van der Waals surface area contributed by atoms with Gasteiger partial charge in [-0.3, -0.25) is 0 Å². The summed E-state index contributed by atoms with van der Waals surface area (Å²) in [7, 11) is 0. The van der Waals surface area contributed by atoms with Crippen LogP contribution in [-0.4, -0.2) is 19.3 Å². The van der Waals surface area contributed by atoms with Gasteiger partial charge in [-0.2, -0.15) is 5.26 Å². The highest BCUT2D eigenvalue weighted by Crippen LogP contribution is 2.24. The van der Waals surface area contributed by atoms with E-state index >= 15 is 0 Å². The van der Waals surface area contributed by atoms with Crippen LogP contribution in [0, 0.1) is 30.0 Å². The summed E-state index contributed by atoms with van der Waals surface area (Å²) in [5.74, 6) is -0.133. The molecule has 3 nitrogen and oxygen atoms in total. The smallest absolute Gasteiger partial charge is 0.140 e. The molecule has 1 heterocycles. The van der Waals surface area contributed by atoms with Crippen molar-refractivity contribution in [3.05, 3.63) is 29.6 Å². The van der Waals surface area contributed by atoms with Gasteiger partial charge in [-0.05, 0) is 18.6 Å². The predicted molar refractivity (Wildman–Crippen MR) is 55.5 cm³/mol. The van der Waals surface area contributed by atoms with Gasteiger partial charge in [0.2, 0.25) is 0 Å². The molecule has 0 bridgehead atoms. The van der Waals surface area contributed by atoms with Crippen LogP contribution in [0.15, 0.2) is 18.2 Å². The molecule has 16 heavy (non-hydrogen) atoms. The monoisotopic (exact) mass is 221 g/mol. The SMILES string of the molecule is Cc1ccc(F)cc1O[C@H]1COC[C@@H]1C#N. The average molecular weight is 221 g/mol. The second kappa shape index (κ2) is 4.50. The highest BCUT2D eigenvalue weighted by molar-refractivity contribution is 5.33. The zero-order chi connectivity index (χ0) is 11.5. The molecule has 1 aromatic rings. The Morgan fingerprint density at radius 3 is 3.06 bits per heavy atom. The van der Waals surface area contributed by atoms with Crippen molar-refractivity contribution in [2.24, 2.45) is 5.92 Å². The molecular formula is C12H12FNO2. The average Bonchev–Trinajstić information content (AvgIpc) is 2.71. The molecular weight excluding hydrogens is 209 g/mol. The summed E-state index contributed by atoms with van der Waals surface area (Å²) in [6, 6.07) is 6.50. The predicted octanol–water partition coefficient (Wildman–Crippen LogP) is 2.05. The van der Waals surface area contributed by atoms with Gasteiger partial charge in [0, 0.05) is 6.07 Å². The first kappa shape index (κ1) is 10.9. The molecule has 84 valence electrons. The van der Waals surface area contributed by atoms with Crippen LogP contribution < -0.4 is 4.74 Å². The molecule has 0 spiro atoms. The third-order valence-electron chi connectivity index (χ3n) is 2.62. The Kier molecular flexibility index (Phi) is 3.07. The quantitative estimate of drug-likeness (QED) is 0.767. The molecule has 1 fully saturated rings. The van der Waals surface area contributed by atoms with Gasteiger partial charge in [0.15, 0.2) is 0 Å². The molecule has 0 unspecified atom stereocenters. The molecule has 0 aliphatic carbocycles. The van der Waals surface area contributed by atoms with Crippen molar-refractivity contribution in [3.8, 4) is 11.8 Å². The van der Waals surface area contributed by atoms with Crippen LogP contribution in [0.25, 0.3) is 0 Å². The molecule has 1 aromatic carbocycles. The van der Waals surface area contributed by atoms with Gasteiger partial charge in [0.1, 0.15) is 23.6 Å². The van der Waals surface area contributed by atoms with Crippen molar-refractivity contribution >= 4 is 0 Å².